The van der Waals surface area contributed by atoms with E-state index in [9.17, 15) is 9.59 Å². The normalized spacial score (nSPS) is 9.92. The van der Waals surface area contributed by atoms with E-state index in [1.807, 2.05) is 18.2 Å². The molecule has 0 aliphatic carbocycles. The molecule has 122 valence electrons. The summed E-state index contributed by atoms with van der Waals surface area (Å²) >= 11 is 6.14. The van der Waals surface area contributed by atoms with E-state index >= 15 is 0 Å². The van der Waals surface area contributed by atoms with Gasteiger partial charge in [-0.3, -0.25) is 0 Å². The third kappa shape index (κ3) is 4.74. The van der Waals surface area contributed by atoms with Crippen LogP contribution in [0.3, 0.4) is 0 Å². The second-order valence-electron chi connectivity index (χ2n) is 5.41. The molecule has 4 nitrogen and oxygen atoms in total. The number of aliphatic imine (C=N–C) groups is 2. The van der Waals surface area contributed by atoms with E-state index < -0.39 is 0 Å². The molecule has 2 aromatic carbocycles. The summed E-state index contributed by atoms with van der Waals surface area (Å²) in [6.07, 6.45) is 6.80. The van der Waals surface area contributed by atoms with E-state index in [2.05, 4.69) is 16.9 Å². The molecule has 0 saturated carbocycles. The van der Waals surface area contributed by atoms with Gasteiger partial charge in [0.2, 0.25) is 12.2 Å². The third-order valence-corrected chi connectivity index (χ3v) is 3.99. The van der Waals surface area contributed by atoms with Crippen LogP contribution in [-0.4, -0.2) is 12.2 Å². The van der Waals surface area contributed by atoms with Crippen LogP contribution >= 0.6 is 11.6 Å². The summed E-state index contributed by atoms with van der Waals surface area (Å²) in [5.41, 5.74) is 4.04. The Labute approximate surface area is 145 Å². The topological polar surface area (TPSA) is 58.9 Å². The number of benzene rings is 2. The Morgan fingerprint density at radius 1 is 0.958 bits per heavy atom. The van der Waals surface area contributed by atoms with Crippen LogP contribution in [0.5, 0.6) is 0 Å². The van der Waals surface area contributed by atoms with Crippen LogP contribution in [-0.2, 0) is 22.4 Å². The Hall–Kier alpha value is -2.51. The smallest absolute Gasteiger partial charge is 0.211 e. The molecule has 2 aromatic rings. The lowest BCUT2D eigenvalue weighted by Gasteiger charge is -2.12. The predicted molar refractivity (Wildman–Crippen MR) is 94.9 cm³/mol. The molecule has 2 rings (SSSR count). The fourth-order valence-corrected chi connectivity index (χ4v) is 2.75. The van der Waals surface area contributed by atoms with Crippen LogP contribution in [0.4, 0.5) is 11.4 Å². The van der Waals surface area contributed by atoms with Crippen molar-refractivity contribution in [1.29, 1.82) is 0 Å². The maximum absolute atomic E-state index is 10.7. The lowest BCUT2D eigenvalue weighted by Crippen LogP contribution is -1.97. The molecule has 5 heteroatoms. The van der Waals surface area contributed by atoms with Gasteiger partial charge in [-0.1, -0.05) is 37.1 Å². The van der Waals surface area contributed by atoms with Crippen LogP contribution in [0.2, 0.25) is 5.02 Å². The molecular weight excluding hydrogens is 324 g/mol. The zero-order chi connectivity index (χ0) is 17.4. The minimum atomic E-state index is 0.403. The standard InChI is InChI=1S/C19H17ClN2O2/c1-2-3-4-14-5-7-17(20)10-16(14)9-15-6-8-18(21-12-23)11-19(15)22-13-24/h5-8,10-11H,2-4,9H2,1H3. The van der Waals surface area contributed by atoms with Crippen molar-refractivity contribution < 1.29 is 9.59 Å². The second kappa shape index (κ2) is 8.95. The molecule has 0 spiro atoms. The molecule has 0 heterocycles. The highest BCUT2D eigenvalue weighted by Crippen LogP contribution is 2.29. The van der Waals surface area contributed by atoms with Gasteiger partial charge >= 0.3 is 0 Å². The molecule has 0 aliphatic rings. The zero-order valence-electron chi connectivity index (χ0n) is 13.4. The predicted octanol–water partition coefficient (Wildman–Crippen LogP) is 5.21. The maximum Gasteiger partial charge on any atom is 0.240 e. The van der Waals surface area contributed by atoms with Crippen LogP contribution in [0.1, 0.15) is 36.5 Å². The summed E-state index contributed by atoms with van der Waals surface area (Å²) in [6.45, 7) is 2.15. The lowest BCUT2D eigenvalue weighted by atomic mass is 9.95. The number of isocyanates is 2. The number of hydrogen-bond donors (Lipinski definition) is 0. The first-order chi connectivity index (χ1) is 11.7. The first-order valence-corrected chi connectivity index (χ1v) is 8.11. The van der Waals surface area contributed by atoms with Crippen molar-refractivity contribution in [2.75, 3.05) is 0 Å². The molecule has 0 radical (unpaired) electrons. The summed E-state index contributed by atoms with van der Waals surface area (Å²) in [7, 11) is 0. The molecule has 0 aliphatic heterocycles. The van der Waals surface area contributed by atoms with Crippen molar-refractivity contribution >= 4 is 35.1 Å². The number of hydrogen-bond acceptors (Lipinski definition) is 4. The molecule has 0 amide bonds. The minimum Gasteiger partial charge on any atom is -0.211 e. The summed E-state index contributed by atoms with van der Waals surface area (Å²) in [4.78, 5) is 28.4. The van der Waals surface area contributed by atoms with E-state index in [0.29, 0.717) is 22.8 Å². The molecule has 0 atom stereocenters. The minimum absolute atomic E-state index is 0.403. The van der Waals surface area contributed by atoms with Crippen molar-refractivity contribution in [2.45, 2.75) is 32.6 Å². The van der Waals surface area contributed by atoms with Crippen LogP contribution in [0.15, 0.2) is 46.4 Å². The van der Waals surface area contributed by atoms with Gasteiger partial charge in [0.25, 0.3) is 0 Å². The molecular formula is C19H17ClN2O2. The SMILES string of the molecule is CCCCc1ccc(Cl)cc1Cc1ccc(N=C=O)cc1N=C=O. The Morgan fingerprint density at radius 2 is 1.71 bits per heavy atom. The third-order valence-electron chi connectivity index (χ3n) is 3.76. The molecule has 0 bridgehead atoms. The van der Waals surface area contributed by atoms with Crippen molar-refractivity contribution in [2.24, 2.45) is 9.98 Å². The van der Waals surface area contributed by atoms with Crippen LogP contribution < -0.4 is 0 Å². The van der Waals surface area contributed by atoms with Gasteiger partial charge in [-0.2, -0.15) is 9.98 Å². The molecule has 24 heavy (non-hydrogen) atoms. The van der Waals surface area contributed by atoms with E-state index in [1.165, 1.54) is 11.6 Å². The Morgan fingerprint density at radius 3 is 2.42 bits per heavy atom. The van der Waals surface area contributed by atoms with Crippen molar-refractivity contribution in [3.63, 3.8) is 0 Å². The lowest BCUT2D eigenvalue weighted by molar-refractivity contribution is 0.565. The zero-order valence-corrected chi connectivity index (χ0v) is 14.1. The Bertz CT molecular complexity index is 820. The van der Waals surface area contributed by atoms with E-state index in [1.54, 1.807) is 24.3 Å². The molecule has 0 aromatic heterocycles. The number of carbonyl (C=O) groups excluding carboxylic acids is 2. The van der Waals surface area contributed by atoms with Gasteiger partial charge in [-0.05, 0) is 60.2 Å². The van der Waals surface area contributed by atoms with Gasteiger partial charge in [0.1, 0.15) is 0 Å². The maximum atomic E-state index is 10.7. The fourth-order valence-electron chi connectivity index (χ4n) is 2.55. The van der Waals surface area contributed by atoms with E-state index in [-0.39, 0.29) is 0 Å². The van der Waals surface area contributed by atoms with E-state index in [0.717, 1.165) is 30.4 Å². The van der Waals surface area contributed by atoms with Crippen LogP contribution in [0, 0.1) is 0 Å². The van der Waals surface area contributed by atoms with Gasteiger partial charge in [0.15, 0.2) is 0 Å². The number of halogens is 1. The van der Waals surface area contributed by atoms with Gasteiger partial charge in [0.05, 0.1) is 11.4 Å². The first-order valence-electron chi connectivity index (χ1n) is 7.74. The van der Waals surface area contributed by atoms with Gasteiger partial charge in [-0.25, -0.2) is 9.59 Å². The second-order valence-corrected chi connectivity index (χ2v) is 5.85. The highest BCUT2D eigenvalue weighted by Gasteiger charge is 2.09. The number of rotatable bonds is 7. The Balaban J connectivity index is 2.41. The number of aryl methyl sites for hydroxylation is 1. The molecule has 0 unspecified atom stereocenters. The number of nitrogens with zero attached hydrogens (tertiary/aromatic N) is 2. The quantitative estimate of drug-likeness (QED) is 0.513. The largest absolute Gasteiger partial charge is 0.240 e. The van der Waals surface area contributed by atoms with Gasteiger partial charge in [-0.15, -0.1) is 0 Å². The van der Waals surface area contributed by atoms with Gasteiger partial charge < -0.3 is 0 Å². The van der Waals surface area contributed by atoms with Crippen molar-refractivity contribution in [1.82, 2.24) is 0 Å². The molecule has 0 saturated heterocycles. The highest BCUT2D eigenvalue weighted by atomic mass is 35.5. The van der Waals surface area contributed by atoms with Crippen LogP contribution in [0.25, 0.3) is 0 Å². The average Bonchev–Trinajstić information content (AvgIpc) is 2.57. The van der Waals surface area contributed by atoms with Crippen molar-refractivity contribution in [3.8, 4) is 0 Å². The molecule has 0 N–H and O–H groups in total. The summed E-state index contributed by atoms with van der Waals surface area (Å²) in [5, 5.41) is 0.674. The van der Waals surface area contributed by atoms with E-state index in [4.69, 9.17) is 11.6 Å². The summed E-state index contributed by atoms with van der Waals surface area (Å²) < 4.78 is 0. The fraction of sp³-hybridized carbons (Fsp3) is 0.263. The molecule has 0 fully saturated rings. The van der Waals surface area contributed by atoms with Gasteiger partial charge in [0, 0.05) is 5.02 Å². The first kappa shape index (κ1) is 17.8. The van der Waals surface area contributed by atoms with Crippen molar-refractivity contribution in [3.05, 3.63) is 58.1 Å². The summed E-state index contributed by atoms with van der Waals surface area (Å²) in [5.74, 6) is 0. The summed E-state index contributed by atoms with van der Waals surface area (Å²) in [6, 6.07) is 10.9. The number of unbranched alkanes of at least 4 members (excludes halogenated alkanes) is 1. The highest BCUT2D eigenvalue weighted by molar-refractivity contribution is 6.30. The average molecular weight is 341 g/mol. The Kier molecular flexibility index (Phi) is 6.65. The monoisotopic (exact) mass is 340 g/mol.